The molecule has 5 rings (SSSR count). The molecule has 9 nitrogen and oxygen atoms in total. The maximum Gasteiger partial charge on any atom is 0.341 e. The molecule has 1 fully saturated rings. The van der Waals surface area contributed by atoms with Crippen molar-refractivity contribution in [2.24, 2.45) is 4.99 Å². The third-order valence-corrected chi connectivity index (χ3v) is 7.01. The van der Waals surface area contributed by atoms with Crippen molar-refractivity contribution >= 4 is 44.5 Å². The van der Waals surface area contributed by atoms with Crippen LogP contribution in [0.5, 0.6) is 0 Å². The number of amides is 1. The molecule has 1 amide bonds. The van der Waals surface area contributed by atoms with Crippen LogP contribution in [0.4, 0.5) is 0 Å². The monoisotopic (exact) mass is 564 g/mol. The van der Waals surface area contributed by atoms with Gasteiger partial charge in [-0.15, -0.1) is 0 Å². The van der Waals surface area contributed by atoms with E-state index in [9.17, 15) is 14.4 Å². The van der Waals surface area contributed by atoms with E-state index in [0.29, 0.717) is 27.9 Å². The molecule has 10 heteroatoms. The zero-order valence-electron chi connectivity index (χ0n) is 20.4. The molecular formula is C27H25BrN4O5. The molecule has 0 saturated carbocycles. The molecule has 190 valence electrons. The summed E-state index contributed by atoms with van der Waals surface area (Å²) in [5.41, 5.74) is 1.70. The van der Waals surface area contributed by atoms with Crippen molar-refractivity contribution in [1.29, 1.82) is 0 Å². The SMILES string of the molecule is CCOC(=O)c1cc2c(=O)n3cccc(C)c3nc2n(C[C@@H]2CCCO2)c1=NC(=O)c1ccccc1Br. The lowest BCUT2D eigenvalue weighted by Gasteiger charge is -2.18. The number of nitrogens with zero attached hydrogens (tertiary/aromatic N) is 4. The molecule has 4 aromatic rings. The number of fused-ring (bicyclic) bond motifs is 2. The quantitative estimate of drug-likeness (QED) is 0.269. The maximum absolute atomic E-state index is 13.6. The first-order valence-corrected chi connectivity index (χ1v) is 12.9. The number of carbonyl (C=O) groups is 2. The van der Waals surface area contributed by atoms with Gasteiger partial charge in [-0.3, -0.25) is 14.0 Å². The number of esters is 1. The van der Waals surface area contributed by atoms with E-state index in [2.05, 4.69) is 20.9 Å². The highest BCUT2D eigenvalue weighted by atomic mass is 79.9. The number of hydrogen-bond donors (Lipinski definition) is 0. The normalized spacial score (nSPS) is 16.0. The molecule has 4 heterocycles. The minimum Gasteiger partial charge on any atom is -0.462 e. The molecule has 1 saturated heterocycles. The van der Waals surface area contributed by atoms with Crippen LogP contribution >= 0.6 is 15.9 Å². The van der Waals surface area contributed by atoms with Crippen molar-refractivity contribution in [3.05, 3.63) is 85.7 Å². The number of pyridine rings is 2. The summed E-state index contributed by atoms with van der Waals surface area (Å²) >= 11 is 3.40. The van der Waals surface area contributed by atoms with Gasteiger partial charge >= 0.3 is 5.97 Å². The summed E-state index contributed by atoms with van der Waals surface area (Å²) in [5, 5.41) is 0.219. The molecule has 0 N–H and O–H groups in total. The Hall–Kier alpha value is -3.63. The first-order chi connectivity index (χ1) is 17.9. The standard InChI is InChI=1S/C27H25BrN4O5/c1-3-36-27(35)20-14-19-23(29-22-16(2)8-6-12-31(22)26(19)34)32(15-17-9-7-13-37-17)24(20)30-25(33)18-10-4-5-11-21(18)28/h4-6,8,10-12,14,17H,3,7,9,13,15H2,1-2H3/t17-/m0/s1. The molecule has 0 aliphatic carbocycles. The number of halogens is 1. The van der Waals surface area contributed by atoms with Crippen LogP contribution in [-0.2, 0) is 16.0 Å². The Morgan fingerprint density at radius 2 is 2.00 bits per heavy atom. The van der Waals surface area contributed by atoms with Gasteiger partial charge in [-0.05, 0) is 72.4 Å². The summed E-state index contributed by atoms with van der Waals surface area (Å²) in [6.07, 6.45) is 3.14. The van der Waals surface area contributed by atoms with E-state index in [4.69, 9.17) is 14.5 Å². The Kier molecular flexibility index (Phi) is 7.03. The van der Waals surface area contributed by atoms with Crippen LogP contribution in [0.15, 0.2) is 62.9 Å². The van der Waals surface area contributed by atoms with E-state index in [-0.39, 0.29) is 41.3 Å². The van der Waals surface area contributed by atoms with Crippen molar-refractivity contribution in [3.8, 4) is 0 Å². The molecule has 0 radical (unpaired) electrons. The van der Waals surface area contributed by atoms with E-state index < -0.39 is 11.9 Å². The minimum atomic E-state index is -0.682. The molecule has 1 atom stereocenters. The summed E-state index contributed by atoms with van der Waals surface area (Å²) in [4.78, 5) is 49.3. The molecule has 1 aromatic carbocycles. The zero-order chi connectivity index (χ0) is 26.1. The number of aromatic nitrogens is 3. The van der Waals surface area contributed by atoms with Crippen LogP contribution in [0.1, 0.15) is 46.0 Å². The average Bonchev–Trinajstić information content (AvgIpc) is 3.40. The smallest absolute Gasteiger partial charge is 0.341 e. The van der Waals surface area contributed by atoms with E-state index in [1.165, 1.54) is 10.5 Å². The van der Waals surface area contributed by atoms with Gasteiger partial charge in [-0.1, -0.05) is 18.2 Å². The van der Waals surface area contributed by atoms with Gasteiger partial charge in [0.25, 0.3) is 11.5 Å². The Labute approximate surface area is 220 Å². The van der Waals surface area contributed by atoms with Crippen molar-refractivity contribution in [1.82, 2.24) is 14.0 Å². The summed E-state index contributed by atoms with van der Waals surface area (Å²) in [5.74, 6) is -1.23. The Morgan fingerprint density at radius 1 is 1.19 bits per heavy atom. The van der Waals surface area contributed by atoms with Crippen molar-refractivity contribution < 1.29 is 19.1 Å². The van der Waals surface area contributed by atoms with E-state index in [1.807, 2.05) is 13.0 Å². The van der Waals surface area contributed by atoms with Gasteiger partial charge in [0.2, 0.25) is 0 Å². The van der Waals surface area contributed by atoms with Gasteiger partial charge < -0.3 is 14.0 Å². The maximum atomic E-state index is 13.6. The number of carbonyl (C=O) groups excluding carboxylic acids is 2. The fourth-order valence-electron chi connectivity index (χ4n) is 4.52. The second-order valence-electron chi connectivity index (χ2n) is 8.78. The number of rotatable bonds is 5. The second-order valence-corrected chi connectivity index (χ2v) is 9.64. The fraction of sp³-hybridized carbons (Fsp3) is 0.296. The summed E-state index contributed by atoms with van der Waals surface area (Å²) in [6.45, 7) is 4.55. The van der Waals surface area contributed by atoms with Crippen LogP contribution in [0.25, 0.3) is 16.7 Å². The van der Waals surface area contributed by atoms with Crippen LogP contribution < -0.4 is 11.0 Å². The van der Waals surface area contributed by atoms with E-state index in [0.717, 1.165) is 18.4 Å². The van der Waals surface area contributed by atoms with Gasteiger partial charge in [-0.25, -0.2) is 9.78 Å². The highest BCUT2D eigenvalue weighted by molar-refractivity contribution is 9.10. The molecule has 0 spiro atoms. The summed E-state index contributed by atoms with van der Waals surface area (Å²) in [6, 6.07) is 12.0. The molecule has 37 heavy (non-hydrogen) atoms. The van der Waals surface area contributed by atoms with Crippen molar-refractivity contribution in [2.45, 2.75) is 39.3 Å². The zero-order valence-corrected chi connectivity index (χ0v) is 22.0. The third-order valence-electron chi connectivity index (χ3n) is 6.32. The van der Waals surface area contributed by atoms with E-state index >= 15 is 0 Å². The number of hydrogen-bond acceptors (Lipinski definition) is 6. The molecule has 0 unspecified atom stereocenters. The van der Waals surface area contributed by atoms with Gasteiger partial charge in [0, 0.05) is 17.3 Å². The average molecular weight is 565 g/mol. The van der Waals surface area contributed by atoms with Gasteiger partial charge in [0.1, 0.15) is 16.9 Å². The van der Waals surface area contributed by atoms with Gasteiger partial charge in [-0.2, -0.15) is 4.99 Å². The lowest BCUT2D eigenvalue weighted by molar-refractivity contribution is 0.0521. The summed E-state index contributed by atoms with van der Waals surface area (Å²) in [7, 11) is 0. The number of aryl methyl sites for hydroxylation is 1. The van der Waals surface area contributed by atoms with Crippen LogP contribution in [0.2, 0.25) is 0 Å². The number of ether oxygens (including phenoxy) is 2. The first-order valence-electron chi connectivity index (χ1n) is 12.1. The van der Waals surface area contributed by atoms with Gasteiger partial charge in [0.15, 0.2) is 5.49 Å². The Morgan fingerprint density at radius 3 is 2.73 bits per heavy atom. The lowest BCUT2D eigenvalue weighted by atomic mass is 10.1. The fourth-order valence-corrected chi connectivity index (χ4v) is 4.98. The predicted octanol–water partition coefficient (Wildman–Crippen LogP) is 3.82. The van der Waals surface area contributed by atoms with Crippen molar-refractivity contribution in [3.63, 3.8) is 0 Å². The van der Waals surface area contributed by atoms with E-state index in [1.54, 1.807) is 48.0 Å². The van der Waals surface area contributed by atoms with Crippen LogP contribution in [0, 0.1) is 6.92 Å². The third kappa shape index (κ3) is 4.74. The van der Waals surface area contributed by atoms with Gasteiger partial charge in [0.05, 0.1) is 30.2 Å². The minimum absolute atomic E-state index is 0.0132. The van der Waals surface area contributed by atoms with Crippen LogP contribution in [0.3, 0.4) is 0 Å². The second kappa shape index (κ2) is 10.4. The topological polar surface area (TPSA) is 104 Å². The molecule has 3 aromatic heterocycles. The molecule has 1 aliphatic rings. The largest absolute Gasteiger partial charge is 0.462 e. The molecule has 0 bridgehead atoms. The Balaban J connectivity index is 1.89. The summed E-state index contributed by atoms with van der Waals surface area (Å²) < 4.78 is 14.9. The highest BCUT2D eigenvalue weighted by Crippen LogP contribution is 2.19. The molecule has 1 aliphatic heterocycles. The lowest BCUT2D eigenvalue weighted by Crippen LogP contribution is -2.35. The number of benzene rings is 1. The highest BCUT2D eigenvalue weighted by Gasteiger charge is 2.24. The van der Waals surface area contributed by atoms with Crippen molar-refractivity contribution in [2.75, 3.05) is 13.2 Å². The first kappa shape index (κ1) is 25.0. The Bertz CT molecular complexity index is 1670. The van der Waals surface area contributed by atoms with Crippen LogP contribution in [-0.4, -0.2) is 45.1 Å². The predicted molar refractivity (Wildman–Crippen MR) is 141 cm³/mol. The molecular weight excluding hydrogens is 540 g/mol.